The Bertz CT molecular complexity index is 533. The van der Waals surface area contributed by atoms with Gasteiger partial charge in [-0.1, -0.05) is 19.8 Å². The fourth-order valence-corrected chi connectivity index (χ4v) is 3.35. The molecular formula is C19H29NO4. The van der Waals surface area contributed by atoms with Gasteiger partial charge in [-0.25, -0.2) is 0 Å². The molecule has 2 atom stereocenters. The molecule has 0 bridgehead atoms. The van der Waals surface area contributed by atoms with Crippen LogP contribution in [0.4, 0.5) is 0 Å². The molecule has 1 aromatic carbocycles. The predicted octanol–water partition coefficient (Wildman–Crippen LogP) is 3.34. The van der Waals surface area contributed by atoms with Crippen molar-refractivity contribution in [2.45, 2.75) is 51.5 Å². The van der Waals surface area contributed by atoms with E-state index in [1.807, 2.05) is 12.1 Å². The summed E-state index contributed by atoms with van der Waals surface area (Å²) in [6.07, 6.45) is 5.89. The summed E-state index contributed by atoms with van der Waals surface area (Å²) in [6.45, 7) is 2.23. The van der Waals surface area contributed by atoms with Crippen LogP contribution in [0.2, 0.25) is 0 Å². The average Bonchev–Trinajstić information content (AvgIpc) is 2.60. The summed E-state index contributed by atoms with van der Waals surface area (Å²) in [5.74, 6) is 2.50. The Morgan fingerprint density at radius 1 is 1.08 bits per heavy atom. The van der Waals surface area contributed by atoms with Gasteiger partial charge in [0.2, 0.25) is 11.7 Å². The van der Waals surface area contributed by atoms with Crippen molar-refractivity contribution in [3.63, 3.8) is 0 Å². The third-order valence-corrected chi connectivity index (χ3v) is 4.82. The van der Waals surface area contributed by atoms with Crippen molar-refractivity contribution in [2.24, 2.45) is 5.92 Å². The van der Waals surface area contributed by atoms with E-state index in [2.05, 4.69) is 12.2 Å². The molecule has 2 rings (SSSR count). The Kier molecular flexibility index (Phi) is 6.76. The SMILES string of the molecule is COc1cc(CCC(=O)NC2CCCCC2C)cc(OC)c1OC. The maximum absolute atomic E-state index is 12.3. The van der Waals surface area contributed by atoms with Crippen LogP contribution in [-0.4, -0.2) is 33.3 Å². The van der Waals surface area contributed by atoms with Gasteiger partial charge in [0.15, 0.2) is 11.5 Å². The predicted molar refractivity (Wildman–Crippen MR) is 94.0 cm³/mol. The molecule has 0 radical (unpaired) electrons. The molecule has 24 heavy (non-hydrogen) atoms. The minimum atomic E-state index is 0.113. The highest BCUT2D eigenvalue weighted by molar-refractivity contribution is 5.76. The molecular weight excluding hydrogens is 306 g/mol. The summed E-state index contributed by atoms with van der Waals surface area (Å²) in [5.41, 5.74) is 0.997. The number of methoxy groups -OCH3 is 3. The van der Waals surface area contributed by atoms with Crippen molar-refractivity contribution in [2.75, 3.05) is 21.3 Å². The molecule has 1 aliphatic carbocycles. The zero-order valence-corrected chi connectivity index (χ0v) is 15.2. The Morgan fingerprint density at radius 3 is 2.25 bits per heavy atom. The van der Waals surface area contributed by atoms with E-state index in [9.17, 15) is 4.79 Å². The molecule has 1 fully saturated rings. The molecule has 1 amide bonds. The maximum atomic E-state index is 12.3. The van der Waals surface area contributed by atoms with Crippen molar-refractivity contribution in [1.29, 1.82) is 0 Å². The van der Waals surface area contributed by atoms with E-state index in [0.29, 0.717) is 42.0 Å². The third kappa shape index (κ3) is 4.56. The molecule has 5 nitrogen and oxygen atoms in total. The molecule has 2 unspecified atom stereocenters. The molecule has 1 N–H and O–H groups in total. The van der Waals surface area contributed by atoms with E-state index >= 15 is 0 Å². The second kappa shape index (κ2) is 8.81. The topological polar surface area (TPSA) is 56.8 Å². The van der Waals surface area contributed by atoms with E-state index < -0.39 is 0 Å². The summed E-state index contributed by atoms with van der Waals surface area (Å²) < 4.78 is 16.0. The van der Waals surface area contributed by atoms with Gasteiger partial charge in [-0.05, 0) is 42.9 Å². The molecule has 134 valence electrons. The second-order valence-electron chi connectivity index (χ2n) is 6.47. The standard InChI is InChI=1S/C19H29NO4/c1-13-7-5-6-8-15(13)20-18(21)10-9-14-11-16(22-2)19(24-4)17(12-14)23-3/h11-13,15H,5-10H2,1-4H3,(H,20,21). The lowest BCUT2D eigenvalue weighted by atomic mass is 9.86. The Hall–Kier alpha value is -1.91. The quantitative estimate of drug-likeness (QED) is 0.830. The van der Waals surface area contributed by atoms with Crippen molar-refractivity contribution in [3.05, 3.63) is 17.7 Å². The number of hydrogen-bond acceptors (Lipinski definition) is 4. The minimum Gasteiger partial charge on any atom is -0.493 e. The monoisotopic (exact) mass is 335 g/mol. The van der Waals surface area contributed by atoms with Gasteiger partial charge in [-0.3, -0.25) is 4.79 Å². The lowest BCUT2D eigenvalue weighted by Gasteiger charge is -2.29. The van der Waals surface area contributed by atoms with E-state index in [1.54, 1.807) is 21.3 Å². The molecule has 0 saturated heterocycles. The number of hydrogen-bond donors (Lipinski definition) is 1. The first kappa shape index (κ1) is 18.4. The van der Waals surface area contributed by atoms with Gasteiger partial charge >= 0.3 is 0 Å². The summed E-state index contributed by atoms with van der Waals surface area (Å²) in [5, 5.41) is 3.19. The normalized spacial score (nSPS) is 20.3. The Morgan fingerprint density at radius 2 is 1.71 bits per heavy atom. The van der Waals surface area contributed by atoms with E-state index in [-0.39, 0.29) is 5.91 Å². The van der Waals surface area contributed by atoms with E-state index in [1.165, 1.54) is 19.3 Å². The molecule has 0 aromatic heterocycles. The fourth-order valence-electron chi connectivity index (χ4n) is 3.35. The summed E-state index contributed by atoms with van der Waals surface area (Å²) >= 11 is 0. The second-order valence-corrected chi connectivity index (χ2v) is 6.47. The highest BCUT2D eigenvalue weighted by atomic mass is 16.5. The van der Waals surface area contributed by atoms with Gasteiger partial charge in [0.1, 0.15) is 0 Å². The maximum Gasteiger partial charge on any atom is 0.220 e. The van der Waals surface area contributed by atoms with Crippen LogP contribution in [-0.2, 0) is 11.2 Å². The lowest BCUT2D eigenvalue weighted by molar-refractivity contribution is -0.122. The van der Waals surface area contributed by atoms with Crippen molar-refractivity contribution >= 4 is 5.91 Å². The van der Waals surface area contributed by atoms with Gasteiger partial charge < -0.3 is 19.5 Å². The molecule has 1 aliphatic rings. The highest BCUT2D eigenvalue weighted by Crippen LogP contribution is 2.38. The van der Waals surface area contributed by atoms with Gasteiger partial charge in [0.05, 0.1) is 21.3 Å². The number of nitrogens with one attached hydrogen (secondary N) is 1. The van der Waals surface area contributed by atoms with E-state index in [4.69, 9.17) is 14.2 Å². The highest BCUT2D eigenvalue weighted by Gasteiger charge is 2.22. The van der Waals surface area contributed by atoms with Crippen molar-refractivity contribution < 1.29 is 19.0 Å². The zero-order valence-electron chi connectivity index (χ0n) is 15.2. The summed E-state index contributed by atoms with van der Waals surface area (Å²) in [7, 11) is 4.77. The van der Waals surface area contributed by atoms with Gasteiger partial charge in [-0.2, -0.15) is 0 Å². The van der Waals surface area contributed by atoms with E-state index in [0.717, 1.165) is 12.0 Å². The van der Waals surface area contributed by atoms with Crippen LogP contribution in [0.15, 0.2) is 12.1 Å². The molecule has 5 heteroatoms. The lowest BCUT2D eigenvalue weighted by Crippen LogP contribution is -2.41. The number of ether oxygens (including phenoxy) is 3. The van der Waals surface area contributed by atoms with Crippen molar-refractivity contribution in [1.82, 2.24) is 5.32 Å². The number of rotatable bonds is 7. The molecule has 0 aliphatic heterocycles. The number of aryl methyl sites for hydroxylation is 1. The van der Waals surface area contributed by atoms with Crippen LogP contribution in [0.3, 0.4) is 0 Å². The molecule has 1 aromatic rings. The van der Waals surface area contributed by atoms with Crippen LogP contribution >= 0.6 is 0 Å². The Balaban J connectivity index is 1.97. The van der Waals surface area contributed by atoms with Crippen LogP contribution in [0, 0.1) is 5.92 Å². The largest absolute Gasteiger partial charge is 0.493 e. The number of carbonyl (C=O) groups is 1. The van der Waals surface area contributed by atoms with Gasteiger partial charge in [0.25, 0.3) is 0 Å². The molecule has 0 heterocycles. The molecule has 1 saturated carbocycles. The average molecular weight is 335 g/mol. The van der Waals surface area contributed by atoms with Crippen molar-refractivity contribution in [3.8, 4) is 17.2 Å². The number of amides is 1. The number of carbonyl (C=O) groups excluding carboxylic acids is 1. The zero-order chi connectivity index (χ0) is 17.5. The first-order valence-corrected chi connectivity index (χ1v) is 8.67. The molecule has 0 spiro atoms. The summed E-state index contributed by atoms with van der Waals surface area (Å²) in [4.78, 5) is 12.3. The Labute approximate surface area is 144 Å². The minimum absolute atomic E-state index is 0.113. The first-order valence-electron chi connectivity index (χ1n) is 8.67. The third-order valence-electron chi connectivity index (χ3n) is 4.82. The van der Waals surface area contributed by atoms with Crippen LogP contribution in [0.1, 0.15) is 44.6 Å². The smallest absolute Gasteiger partial charge is 0.220 e. The van der Waals surface area contributed by atoms with Gasteiger partial charge in [0, 0.05) is 12.5 Å². The summed E-state index contributed by atoms with van der Waals surface area (Å²) in [6, 6.07) is 4.13. The fraction of sp³-hybridized carbons (Fsp3) is 0.632. The number of benzene rings is 1. The first-order chi connectivity index (χ1) is 11.6. The van der Waals surface area contributed by atoms with Crippen LogP contribution in [0.25, 0.3) is 0 Å². The van der Waals surface area contributed by atoms with Gasteiger partial charge in [-0.15, -0.1) is 0 Å². The van der Waals surface area contributed by atoms with Crippen LogP contribution < -0.4 is 19.5 Å². The van der Waals surface area contributed by atoms with Crippen LogP contribution in [0.5, 0.6) is 17.2 Å².